The fourth-order valence-electron chi connectivity index (χ4n) is 3.86. The number of nitrogens with zero attached hydrogens (tertiary/aromatic N) is 1. The topological polar surface area (TPSA) is 46.6 Å². The molecular formula is C18H25NO3S. The lowest BCUT2D eigenvalue weighted by molar-refractivity contribution is 0.200. The summed E-state index contributed by atoms with van der Waals surface area (Å²) in [4.78, 5) is 2.26. The fourth-order valence-corrected chi connectivity index (χ4v) is 5.58. The summed E-state index contributed by atoms with van der Waals surface area (Å²) < 4.78 is 31.3. The van der Waals surface area contributed by atoms with Crippen molar-refractivity contribution < 1.29 is 12.6 Å². The summed E-state index contributed by atoms with van der Waals surface area (Å²) in [6.07, 6.45) is 3.81. The molecule has 1 aromatic carbocycles. The highest BCUT2D eigenvalue weighted by molar-refractivity contribution is 7.87. The Kier molecular flexibility index (Phi) is 4.78. The lowest BCUT2D eigenvalue weighted by Gasteiger charge is -2.42. The maximum absolute atomic E-state index is 12.9. The van der Waals surface area contributed by atoms with Gasteiger partial charge in [0.2, 0.25) is 0 Å². The van der Waals surface area contributed by atoms with Gasteiger partial charge in [-0.1, -0.05) is 44.2 Å². The van der Waals surface area contributed by atoms with E-state index in [2.05, 4.69) is 18.7 Å². The lowest BCUT2D eigenvalue weighted by atomic mass is 9.87. The van der Waals surface area contributed by atoms with Crippen LogP contribution < -0.4 is 0 Å². The Balaban J connectivity index is 2.15. The standard InChI is InChI=1S/C18H25NO3S/c1-3-19(4-2)17-15-12-8-9-13-16(15)22-23(20,21)18(17)14-10-6-5-7-11-14/h5-7,10-11,17-18H,3-4,8-9,12-13H2,1-2H3. The molecule has 2 aliphatic rings. The first-order valence-electron chi connectivity index (χ1n) is 8.52. The zero-order valence-electron chi connectivity index (χ0n) is 13.9. The Morgan fingerprint density at radius 2 is 1.74 bits per heavy atom. The molecule has 2 atom stereocenters. The summed E-state index contributed by atoms with van der Waals surface area (Å²) in [7, 11) is -3.66. The van der Waals surface area contributed by atoms with Gasteiger partial charge in [0.05, 0.1) is 6.04 Å². The zero-order chi connectivity index (χ0) is 16.4. The molecule has 1 heterocycles. The third-order valence-electron chi connectivity index (χ3n) is 4.96. The zero-order valence-corrected chi connectivity index (χ0v) is 14.7. The highest BCUT2D eigenvalue weighted by Crippen LogP contribution is 2.45. The van der Waals surface area contributed by atoms with E-state index in [-0.39, 0.29) is 6.04 Å². The number of hydrogen-bond donors (Lipinski definition) is 0. The predicted octanol–water partition coefficient (Wildman–Crippen LogP) is 3.63. The Labute approximate surface area is 139 Å². The highest BCUT2D eigenvalue weighted by Gasteiger charge is 2.46. The van der Waals surface area contributed by atoms with Crippen molar-refractivity contribution in [1.82, 2.24) is 4.90 Å². The van der Waals surface area contributed by atoms with Gasteiger partial charge in [-0.25, -0.2) is 0 Å². The smallest absolute Gasteiger partial charge is 0.317 e. The van der Waals surface area contributed by atoms with Crippen molar-refractivity contribution in [3.63, 3.8) is 0 Å². The van der Waals surface area contributed by atoms with Crippen molar-refractivity contribution in [2.75, 3.05) is 13.1 Å². The molecule has 23 heavy (non-hydrogen) atoms. The van der Waals surface area contributed by atoms with E-state index in [1.165, 1.54) is 5.57 Å². The van der Waals surface area contributed by atoms with Crippen LogP contribution in [0.1, 0.15) is 50.3 Å². The highest BCUT2D eigenvalue weighted by atomic mass is 32.2. The molecule has 1 aliphatic carbocycles. The van der Waals surface area contributed by atoms with E-state index >= 15 is 0 Å². The van der Waals surface area contributed by atoms with Crippen molar-refractivity contribution in [2.45, 2.75) is 50.8 Å². The minimum absolute atomic E-state index is 0.110. The second-order valence-corrected chi connectivity index (χ2v) is 7.89. The average molecular weight is 335 g/mol. The van der Waals surface area contributed by atoms with Crippen LogP contribution in [0, 0.1) is 0 Å². The quantitative estimate of drug-likeness (QED) is 0.788. The van der Waals surface area contributed by atoms with E-state index in [0.29, 0.717) is 5.76 Å². The van der Waals surface area contributed by atoms with Crippen LogP contribution in [0.5, 0.6) is 0 Å². The largest absolute Gasteiger partial charge is 0.386 e. The van der Waals surface area contributed by atoms with E-state index in [1.54, 1.807) is 0 Å². The van der Waals surface area contributed by atoms with Crippen LogP contribution in [0.3, 0.4) is 0 Å². The number of allylic oxidation sites excluding steroid dienone is 1. The monoisotopic (exact) mass is 335 g/mol. The van der Waals surface area contributed by atoms with E-state index in [9.17, 15) is 8.42 Å². The van der Waals surface area contributed by atoms with Crippen molar-refractivity contribution in [3.8, 4) is 0 Å². The molecule has 2 unspecified atom stereocenters. The molecule has 1 aliphatic heterocycles. The molecule has 0 aromatic heterocycles. The van der Waals surface area contributed by atoms with E-state index in [1.807, 2.05) is 30.3 Å². The molecule has 4 nitrogen and oxygen atoms in total. The molecule has 0 saturated heterocycles. The molecule has 5 heteroatoms. The van der Waals surface area contributed by atoms with Gasteiger partial charge in [0, 0.05) is 6.42 Å². The molecule has 0 N–H and O–H groups in total. The molecule has 126 valence electrons. The molecule has 0 spiro atoms. The van der Waals surface area contributed by atoms with Gasteiger partial charge in [-0.3, -0.25) is 4.90 Å². The molecule has 3 rings (SSSR count). The number of benzene rings is 1. The summed E-state index contributed by atoms with van der Waals surface area (Å²) in [5.41, 5.74) is 2.02. The van der Waals surface area contributed by atoms with E-state index in [0.717, 1.165) is 44.3 Å². The van der Waals surface area contributed by atoms with Crippen molar-refractivity contribution in [1.29, 1.82) is 0 Å². The van der Waals surface area contributed by atoms with Crippen LogP contribution >= 0.6 is 0 Å². The fraction of sp³-hybridized carbons (Fsp3) is 0.556. The lowest BCUT2D eigenvalue weighted by Crippen LogP contribution is -2.47. The van der Waals surface area contributed by atoms with Gasteiger partial charge in [-0.15, -0.1) is 0 Å². The van der Waals surface area contributed by atoms with Crippen molar-refractivity contribution >= 4 is 10.1 Å². The van der Waals surface area contributed by atoms with Crippen LogP contribution in [-0.2, 0) is 14.3 Å². The first-order chi connectivity index (χ1) is 11.1. The Bertz CT molecular complexity index is 677. The predicted molar refractivity (Wildman–Crippen MR) is 91.4 cm³/mol. The minimum atomic E-state index is -3.66. The Hall–Kier alpha value is -1.33. The Morgan fingerprint density at radius 1 is 1.09 bits per heavy atom. The van der Waals surface area contributed by atoms with Crippen LogP contribution in [0.25, 0.3) is 0 Å². The molecule has 0 saturated carbocycles. The summed E-state index contributed by atoms with van der Waals surface area (Å²) in [5, 5.41) is -0.638. The third kappa shape index (κ3) is 3.04. The van der Waals surface area contributed by atoms with Crippen LogP contribution in [-0.4, -0.2) is 32.4 Å². The SMILES string of the molecule is CCN(CC)C1C2=C(CCCC2)OS(=O)(=O)C1c1ccccc1. The van der Waals surface area contributed by atoms with Gasteiger partial charge >= 0.3 is 10.1 Å². The van der Waals surface area contributed by atoms with Crippen molar-refractivity contribution in [3.05, 3.63) is 47.2 Å². The van der Waals surface area contributed by atoms with Gasteiger partial charge in [0.1, 0.15) is 11.0 Å². The summed E-state index contributed by atoms with van der Waals surface area (Å²) in [6.45, 7) is 5.85. The molecular weight excluding hydrogens is 310 g/mol. The van der Waals surface area contributed by atoms with Crippen molar-refractivity contribution in [2.24, 2.45) is 0 Å². The second kappa shape index (κ2) is 6.65. The van der Waals surface area contributed by atoms with Gasteiger partial charge < -0.3 is 4.18 Å². The number of hydrogen-bond acceptors (Lipinski definition) is 4. The summed E-state index contributed by atoms with van der Waals surface area (Å²) >= 11 is 0. The van der Waals surface area contributed by atoms with Crippen LogP contribution in [0.15, 0.2) is 41.7 Å². The van der Waals surface area contributed by atoms with Gasteiger partial charge in [0.15, 0.2) is 0 Å². The average Bonchev–Trinajstić information content (AvgIpc) is 2.55. The van der Waals surface area contributed by atoms with Gasteiger partial charge in [0.25, 0.3) is 0 Å². The molecule has 0 bridgehead atoms. The van der Waals surface area contributed by atoms with E-state index < -0.39 is 15.4 Å². The van der Waals surface area contributed by atoms with Gasteiger partial charge in [-0.05, 0) is 43.5 Å². The summed E-state index contributed by atoms with van der Waals surface area (Å²) in [6, 6.07) is 9.40. The molecule has 1 aromatic rings. The number of rotatable bonds is 4. The number of likely N-dealkylation sites (N-methyl/N-ethyl adjacent to an activating group) is 1. The van der Waals surface area contributed by atoms with Crippen LogP contribution in [0.4, 0.5) is 0 Å². The molecule has 0 fully saturated rings. The first kappa shape index (κ1) is 16.5. The first-order valence-corrected chi connectivity index (χ1v) is 9.99. The van der Waals surface area contributed by atoms with E-state index in [4.69, 9.17) is 4.18 Å². The normalized spacial score (nSPS) is 26.7. The third-order valence-corrected chi connectivity index (χ3v) is 6.55. The second-order valence-electron chi connectivity index (χ2n) is 6.23. The molecule has 0 radical (unpaired) electrons. The maximum atomic E-state index is 12.9. The van der Waals surface area contributed by atoms with Crippen LogP contribution in [0.2, 0.25) is 0 Å². The molecule has 0 amide bonds. The maximum Gasteiger partial charge on any atom is 0.317 e. The van der Waals surface area contributed by atoms with Gasteiger partial charge in [-0.2, -0.15) is 8.42 Å². The minimum Gasteiger partial charge on any atom is -0.386 e. The Morgan fingerprint density at radius 3 is 2.39 bits per heavy atom. The summed E-state index contributed by atoms with van der Waals surface area (Å²) in [5.74, 6) is 0.709.